The lowest BCUT2D eigenvalue weighted by Gasteiger charge is -2.29. The Hall–Kier alpha value is -1.80. The van der Waals surface area contributed by atoms with Crippen molar-refractivity contribution in [3.8, 4) is 11.3 Å². The van der Waals surface area contributed by atoms with Crippen molar-refractivity contribution < 1.29 is 14.4 Å². The molecule has 170 valence electrons. The highest BCUT2D eigenvalue weighted by Gasteiger charge is 2.26. The SMILES string of the molecule is C=CCOC[C@H](O)CN(Cc1c(-c2ccccc2)noc1N1CCSCC1)CC(C)C. The number of ether oxygens (including phenoxy) is 1. The molecule has 1 fully saturated rings. The van der Waals surface area contributed by atoms with Gasteiger partial charge in [-0.05, 0) is 5.92 Å². The standard InChI is InChI=1S/C24H35N3O3S/c1-4-12-29-18-21(28)16-26(15-19(2)3)17-22-23(20-8-6-5-7-9-20)25-30-24(22)27-10-13-31-14-11-27/h4-9,19,21,28H,1,10-18H2,2-3H3/t21-/m1/s1. The Balaban J connectivity index is 1.85. The van der Waals surface area contributed by atoms with Crippen LogP contribution in [0, 0.1) is 5.92 Å². The Morgan fingerprint density at radius 1 is 1.26 bits per heavy atom. The van der Waals surface area contributed by atoms with Gasteiger partial charge < -0.3 is 19.3 Å². The molecule has 2 heterocycles. The molecule has 3 rings (SSSR count). The number of hydrogen-bond donors (Lipinski definition) is 1. The first kappa shape index (κ1) is 23.9. The third kappa shape index (κ3) is 7.10. The predicted octanol–water partition coefficient (Wildman–Crippen LogP) is 3.92. The Morgan fingerprint density at radius 3 is 2.68 bits per heavy atom. The third-order valence-corrected chi connectivity index (χ3v) is 6.08. The van der Waals surface area contributed by atoms with Crippen LogP contribution in [0.4, 0.5) is 5.88 Å². The van der Waals surface area contributed by atoms with Crippen LogP contribution < -0.4 is 4.90 Å². The molecule has 1 aromatic carbocycles. The average molecular weight is 446 g/mol. The number of thioether (sulfide) groups is 1. The molecular formula is C24H35N3O3S. The fraction of sp³-hybridized carbons (Fsp3) is 0.542. The molecule has 1 saturated heterocycles. The summed E-state index contributed by atoms with van der Waals surface area (Å²) in [4.78, 5) is 4.59. The van der Waals surface area contributed by atoms with Gasteiger partial charge in [-0.15, -0.1) is 6.58 Å². The Labute approximate surface area is 190 Å². The Kier molecular flexibility index (Phi) is 9.46. The summed E-state index contributed by atoms with van der Waals surface area (Å²) in [6.07, 6.45) is 1.14. The molecule has 1 aliphatic heterocycles. The molecule has 2 aromatic rings. The Morgan fingerprint density at radius 2 is 2.00 bits per heavy atom. The number of aliphatic hydroxyl groups excluding tert-OH is 1. The molecule has 0 bridgehead atoms. The van der Waals surface area contributed by atoms with Crippen molar-refractivity contribution in [2.75, 3.05) is 55.8 Å². The topological polar surface area (TPSA) is 62.0 Å². The largest absolute Gasteiger partial charge is 0.389 e. The highest BCUT2D eigenvalue weighted by molar-refractivity contribution is 7.99. The van der Waals surface area contributed by atoms with E-state index in [0.717, 1.165) is 53.8 Å². The maximum atomic E-state index is 10.5. The van der Waals surface area contributed by atoms with Gasteiger partial charge in [0.2, 0.25) is 5.88 Å². The number of rotatable bonds is 12. The summed E-state index contributed by atoms with van der Waals surface area (Å²) >= 11 is 1.97. The molecule has 0 unspecified atom stereocenters. The predicted molar refractivity (Wildman–Crippen MR) is 129 cm³/mol. The first-order valence-electron chi connectivity index (χ1n) is 11.0. The minimum atomic E-state index is -0.562. The van der Waals surface area contributed by atoms with Crippen LogP contribution >= 0.6 is 11.8 Å². The zero-order valence-electron chi connectivity index (χ0n) is 18.7. The van der Waals surface area contributed by atoms with Crippen LogP contribution in [0.2, 0.25) is 0 Å². The van der Waals surface area contributed by atoms with E-state index >= 15 is 0 Å². The molecule has 0 radical (unpaired) electrons. The van der Waals surface area contributed by atoms with E-state index in [0.29, 0.717) is 32.2 Å². The number of nitrogens with zero attached hydrogens (tertiary/aromatic N) is 3. The molecule has 0 aliphatic carbocycles. The van der Waals surface area contributed by atoms with E-state index < -0.39 is 6.10 Å². The lowest BCUT2D eigenvalue weighted by Crippen LogP contribution is -2.38. The fourth-order valence-corrected chi connectivity index (χ4v) is 4.77. The van der Waals surface area contributed by atoms with E-state index in [4.69, 9.17) is 9.26 Å². The molecule has 0 spiro atoms. The molecular weight excluding hydrogens is 410 g/mol. The van der Waals surface area contributed by atoms with Gasteiger partial charge in [-0.3, -0.25) is 4.90 Å². The number of benzene rings is 1. The van der Waals surface area contributed by atoms with Crippen LogP contribution in [0.25, 0.3) is 11.3 Å². The van der Waals surface area contributed by atoms with Gasteiger partial charge in [0, 0.05) is 49.8 Å². The van der Waals surface area contributed by atoms with E-state index in [9.17, 15) is 5.11 Å². The van der Waals surface area contributed by atoms with E-state index in [1.165, 1.54) is 0 Å². The number of hydrogen-bond acceptors (Lipinski definition) is 7. The van der Waals surface area contributed by atoms with Crippen LogP contribution in [0.15, 0.2) is 47.5 Å². The monoisotopic (exact) mass is 445 g/mol. The normalized spacial score (nSPS) is 15.6. The lowest BCUT2D eigenvalue weighted by atomic mass is 10.1. The second-order valence-corrected chi connectivity index (χ2v) is 9.57. The smallest absolute Gasteiger partial charge is 0.232 e. The molecule has 1 N–H and O–H groups in total. The van der Waals surface area contributed by atoms with Crippen LogP contribution in [0.5, 0.6) is 0 Å². The summed E-state index contributed by atoms with van der Waals surface area (Å²) in [6, 6.07) is 10.2. The summed E-state index contributed by atoms with van der Waals surface area (Å²) in [5.41, 5.74) is 3.04. The minimum absolute atomic E-state index is 0.298. The van der Waals surface area contributed by atoms with Crippen molar-refractivity contribution >= 4 is 17.6 Å². The first-order chi connectivity index (χ1) is 15.1. The average Bonchev–Trinajstić information content (AvgIpc) is 3.18. The maximum Gasteiger partial charge on any atom is 0.232 e. The molecule has 0 saturated carbocycles. The summed E-state index contributed by atoms with van der Waals surface area (Å²) in [7, 11) is 0. The molecule has 6 nitrogen and oxygen atoms in total. The maximum absolute atomic E-state index is 10.5. The highest BCUT2D eigenvalue weighted by atomic mass is 32.2. The molecule has 1 aromatic heterocycles. The lowest BCUT2D eigenvalue weighted by molar-refractivity contribution is 0.0223. The van der Waals surface area contributed by atoms with Crippen LogP contribution in [-0.4, -0.2) is 72.2 Å². The minimum Gasteiger partial charge on any atom is -0.389 e. The zero-order valence-corrected chi connectivity index (χ0v) is 19.5. The third-order valence-electron chi connectivity index (χ3n) is 5.13. The van der Waals surface area contributed by atoms with Crippen LogP contribution in [-0.2, 0) is 11.3 Å². The van der Waals surface area contributed by atoms with Crippen LogP contribution in [0.1, 0.15) is 19.4 Å². The van der Waals surface area contributed by atoms with E-state index in [-0.39, 0.29) is 0 Å². The van der Waals surface area contributed by atoms with Crippen molar-refractivity contribution in [1.82, 2.24) is 10.1 Å². The summed E-state index contributed by atoms with van der Waals surface area (Å²) < 4.78 is 11.4. The number of aliphatic hydroxyl groups is 1. The van der Waals surface area contributed by atoms with Gasteiger partial charge in [-0.1, -0.05) is 55.4 Å². The van der Waals surface area contributed by atoms with Crippen molar-refractivity contribution in [3.05, 3.63) is 48.6 Å². The zero-order chi connectivity index (χ0) is 22.1. The quantitative estimate of drug-likeness (QED) is 0.392. The van der Waals surface area contributed by atoms with Crippen LogP contribution in [0.3, 0.4) is 0 Å². The number of anilines is 1. The molecule has 31 heavy (non-hydrogen) atoms. The molecule has 0 amide bonds. The van der Waals surface area contributed by atoms with Crippen molar-refractivity contribution in [1.29, 1.82) is 0 Å². The summed E-state index contributed by atoms with van der Waals surface area (Å²) in [6.45, 7) is 12.8. The second-order valence-electron chi connectivity index (χ2n) is 8.35. The molecule has 7 heteroatoms. The molecule has 1 atom stereocenters. The first-order valence-corrected chi connectivity index (χ1v) is 12.2. The highest BCUT2D eigenvalue weighted by Crippen LogP contribution is 2.33. The van der Waals surface area contributed by atoms with Gasteiger partial charge in [-0.2, -0.15) is 11.8 Å². The van der Waals surface area contributed by atoms with Gasteiger partial charge in [0.1, 0.15) is 5.69 Å². The van der Waals surface area contributed by atoms with Gasteiger partial charge in [0.15, 0.2) is 0 Å². The van der Waals surface area contributed by atoms with E-state index in [1.807, 2.05) is 30.0 Å². The summed E-state index contributed by atoms with van der Waals surface area (Å²) in [5.74, 6) is 3.52. The fourth-order valence-electron chi connectivity index (χ4n) is 3.86. The van der Waals surface area contributed by atoms with E-state index in [1.54, 1.807) is 6.08 Å². The summed E-state index contributed by atoms with van der Waals surface area (Å²) in [5, 5.41) is 15.0. The van der Waals surface area contributed by atoms with Gasteiger partial charge >= 0.3 is 0 Å². The van der Waals surface area contributed by atoms with E-state index in [2.05, 4.69) is 47.5 Å². The molecule has 1 aliphatic rings. The second kappa shape index (κ2) is 12.3. The van der Waals surface area contributed by atoms with Crippen molar-refractivity contribution in [3.63, 3.8) is 0 Å². The Bertz CT molecular complexity index is 791. The van der Waals surface area contributed by atoms with Gasteiger partial charge in [0.05, 0.1) is 24.9 Å². The number of aromatic nitrogens is 1. The van der Waals surface area contributed by atoms with Gasteiger partial charge in [-0.25, -0.2) is 0 Å². The van der Waals surface area contributed by atoms with Crippen molar-refractivity contribution in [2.45, 2.75) is 26.5 Å². The van der Waals surface area contributed by atoms with Crippen molar-refractivity contribution in [2.24, 2.45) is 5.92 Å². The van der Waals surface area contributed by atoms with Gasteiger partial charge in [0.25, 0.3) is 0 Å².